The molecule has 0 aliphatic heterocycles. The van der Waals surface area contributed by atoms with Crippen molar-refractivity contribution in [3.63, 3.8) is 0 Å². The third-order valence-corrected chi connectivity index (χ3v) is 3.73. The van der Waals surface area contributed by atoms with Crippen molar-refractivity contribution in [1.29, 1.82) is 0 Å². The van der Waals surface area contributed by atoms with E-state index in [9.17, 15) is 9.90 Å². The molecule has 23 heavy (non-hydrogen) atoms. The molecule has 2 N–H and O–H groups in total. The van der Waals surface area contributed by atoms with Gasteiger partial charge in [0.15, 0.2) is 0 Å². The van der Waals surface area contributed by atoms with E-state index in [0.29, 0.717) is 18.5 Å². The lowest BCUT2D eigenvalue weighted by Crippen LogP contribution is -2.24. The molecule has 1 unspecified atom stereocenters. The summed E-state index contributed by atoms with van der Waals surface area (Å²) in [6, 6.07) is 16.6. The van der Waals surface area contributed by atoms with Crippen LogP contribution < -0.4 is 10.1 Å². The number of ether oxygens (including phenoxy) is 1. The fourth-order valence-electron chi connectivity index (χ4n) is 2.35. The fraction of sp³-hybridized carbons (Fsp3) is 0.316. The summed E-state index contributed by atoms with van der Waals surface area (Å²) >= 11 is 0. The zero-order valence-electron chi connectivity index (χ0n) is 13.4. The molecule has 2 aromatic rings. The molecule has 0 aliphatic carbocycles. The maximum atomic E-state index is 11.9. The summed E-state index contributed by atoms with van der Waals surface area (Å²) in [5.41, 5.74) is 1.56. The molecule has 0 aliphatic rings. The molecule has 0 aromatic heterocycles. The quantitative estimate of drug-likeness (QED) is 0.735. The predicted molar refractivity (Wildman–Crippen MR) is 90.6 cm³/mol. The Bertz CT molecular complexity index is 596. The first-order chi connectivity index (χ1) is 11.2. The van der Waals surface area contributed by atoms with Gasteiger partial charge >= 0.3 is 0 Å². The van der Waals surface area contributed by atoms with Crippen molar-refractivity contribution in [2.45, 2.75) is 25.4 Å². The van der Waals surface area contributed by atoms with E-state index >= 15 is 0 Å². The van der Waals surface area contributed by atoms with Crippen LogP contribution in [-0.4, -0.2) is 24.7 Å². The van der Waals surface area contributed by atoms with E-state index in [0.717, 1.165) is 24.2 Å². The average Bonchev–Trinajstić information content (AvgIpc) is 2.62. The van der Waals surface area contributed by atoms with Crippen LogP contribution >= 0.6 is 0 Å². The van der Waals surface area contributed by atoms with Crippen LogP contribution in [-0.2, 0) is 0 Å². The Balaban J connectivity index is 1.65. The van der Waals surface area contributed by atoms with Crippen LogP contribution in [0.15, 0.2) is 54.6 Å². The normalized spacial score (nSPS) is 11.7. The number of amides is 1. The van der Waals surface area contributed by atoms with Gasteiger partial charge in [0, 0.05) is 12.1 Å². The summed E-state index contributed by atoms with van der Waals surface area (Å²) < 4.78 is 5.10. The van der Waals surface area contributed by atoms with Crippen molar-refractivity contribution < 1.29 is 14.6 Å². The van der Waals surface area contributed by atoms with Gasteiger partial charge in [-0.25, -0.2) is 0 Å². The van der Waals surface area contributed by atoms with Crippen LogP contribution in [0.25, 0.3) is 0 Å². The van der Waals surface area contributed by atoms with Gasteiger partial charge in [-0.3, -0.25) is 4.79 Å². The van der Waals surface area contributed by atoms with Crippen molar-refractivity contribution in [2.75, 3.05) is 13.7 Å². The summed E-state index contributed by atoms with van der Waals surface area (Å²) in [5.74, 6) is 0.728. The van der Waals surface area contributed by atoms with Crippen molar-refractivity contribution in [2.24, 2.45) is 0 Å². The van der Waals surface area contributed by atoms with Crippen LogP contribution in [0.2, 0.25) is 0 Å². The predicted octanol–water partition coefficient (Wildman–Crippen LogP) is 3.33. The lowest BCUT2D eigenvalue weighted by molar-refractivity contribution is 0.0952. The molecule has 1 amide bonds. The smallest absolute Gasteiger partial charge is 0.251 e. The molecule has 0 spiro atoms. The van der Waals surface area contributed by atoms with Gasteiger partial charge in [-0.15, -0.1) is 0 Å². The Labute approximate surface area is 137 Å². The van der Waals surface area contributed by atoms with Crippen LogP contribution in [0, 0.1) is 0 Å². The van der Waals surface area contributed by atoms with E-state index in [-0.39, 0.29) is 5.91 Å². The van der Waals surface area contributed by atoms with Gasteiger partial charge < -0.3 is 15.2 Å². The van der Waals surface area contributed by atoms with Crippen LogP contribution in [0.1, 0.15) is 41.3 Å². The number of rotatable bonds is 8. The summed E-state index contributed by atoms with van der Waals surface area (Å²) in [6.07, 6.45) is 1.88. The van der Waals surface area contributed by atoms with E-state index in [1.54, 1.807) is 19.2 Å². The highest BCUT2D eigenvalue weighted by Crippen LogP contribution is 2.21. The molecule has 0 saturated carbocycles. The minimum absolute atomic E-state index is 0.0543. The molecule has 1 atom stereocenters. The molecule has 2 rings (SSSR count). The van der Waals surface area contributed by atoms with Gasteiger partial charge in [-0.1, -0.05) is 30.3 Å². The topological polar surface area (TPSA) is 58.6 Å². The van der Waals surface area contributed by atoms with E-state index in [1.807, 2.05) is 42.5 Å². The Morgan fingerprint density at radius 1 is 1.09 bits per heavy atom. The molecule has 0 radical (unpaired) electrons. The number of hydrogen-bond donors (Lipinski definition) is 2. The first-order valence-electron chi connectivity index (χ1n) is 7.86. The van der Waals surface area contributed by atoms with Crippen LogP contribution in [0.5, 0.6) is 5.75 Å². The van der Waals surface area contributed by atoms with Gasteiger partial charge in [0.05, 0.1) is 13.2 Å². The second-order valence-electron chi connectivity index (χ2n) is 5.41. The number of hydrogen-bond acceptors (Lipinski definition) is 3. The molecule has 2 aromatic carbocycles. The Morgan fingerprint density at radius 3 is 2.43 bits per heavy atom. The summed E-state index contributed by atoms with van der Waals surface area (Å²) in [7, 11) is 1.62. The largest absolute Gasteiger partial charge is 0.497 e. The second-order valence-corrected chi connectivity index (χ2v) is 5.41. The van der Waals surface area contributed by atoms with Crippen molar-refractivity contribution in [1.82, 2.24) is 5.32 Å². The van der Waals surface area contributed by atoms with Gasteiger partial charge in [0.2, 0.25) is 0 Å². The van der Waals surface area contributed by atoms with Gasteiger partial charge in [-0.2, -0.15) is 0 Å². The number of carbonyl (C=O) groups is 1. The third kappa shape index (κ3) is 5.42. The van der Waals surface area contributed by atoms with E-state index in [4.69, 9.17) is 4.74 Å². The highest BCUT2D eigenvalue weighted by molar-refractivity contribution is 5.94. The first kappa shape index (κ1) is 17.0. The van der Waals surface area contributed by atoms with Crippen molar-refractivity contribution in [3.8, 4) is 5.75 Å². The highest BCUT2D eigenvalue weighted by atomic mass is 16.5. The Hall–Kier alpha value is -2.33. The maximum Gasteiger partial charge on any atom is 0.251 e. The minimum Gasteiger partial charge on any atom is -0.497 e. The zero-order valence-corrected chi connectivity index (χ0v) is 13.4. The van der Waals surface area contributed by atoms with Gasteiger partial charge in [-0.05, 0) is 49.1 Å². The van der Waals surface area contributed by atoms with E-state index < -0.39 is 6.10 Å². The van der Waals surface area contributed by atoms with Crippen LogP contribution in [0.4, 0.5) is 0 Å². The third-order valence-electron chi connectivity index (χ3n) is 3.73. The van der Waals surface area contributed by atoms with Crippen molar-refractivity contribution in [3.05, 3.63) is 65.7 Å². The highest BCUT2D eigenvalue weighted by Gasteiger charge is 2.08. The van der Waals surface area contributed by atoms with Crippen LogP contribution in [0.3, 0.4) is 0 Å². The summed E-state index contributed by atoms with van der Waals surface area (Å²) in [5, 5.41) is 13.0. The number of aliphatic hydroxyl groups is 1. The molecular weight excluding hydrogens is 290 g/mol. The fourth-order valence-corrected chi connectivity index (χ4v) is 2.35. The summed E-state index contributed by atoms with van der Waals surface area (Å²) in [6.45, 7) is 0.614. The first-order valence-corrected chi connectivity index (χ1v) is 7.86. The SMILES string of the molecule is COc1ccc(C(O)CCCCNC(=O)c2ccccc2)cc1. The zero-order chi connectivity index (χ0) is 16.5. The van der Waals surface area contributed by atoms with Crippen molar-refractivity contribution >= 4 is 5.91 Å². The number of aliphatic hydroxyl groups excluding tert-OH is 1. The molecule has 4 nitrogen and oxygen atoms in total. The molecule has 0 heterocycles. The van der Waals surface area contributed by atoms with E-state index in [2.05, 4.69) is 5.32 Å². The van der Waals surface area contributed by atoms with Gasteiger partial charge in [0.1, 0.15) is 5.75 Å². The second kappa shape index (κ2) is 8.96. The molecule has 0 fully saturated rings. The monoisotopic (exact) mass is 313 g/mol. The molecule has 4 heteroatoms. The number of benzene rings is 2. The van der Waals surface area contributed by atoms with E-state index in [1.165, 1.54) is 0 Å². The number of nitrogens with one attached hydrogen (secondary N) is 1. The molecule has 122 valence electrons. The average molecular weight is 313 g/mol. The molecule has 0 saturated heterocycles. The summed E-state index contributed by atoms with van der Waals surface area (Å²) in [4.78, 5) is 11.9. The lowest BCUT2D eigenvalue weighted by Gasteiger charge is -2.11. The minimum atomic E-state index is -0.481. The molecule has 0 bridgehead atoms. The molecular formula is C19H23NO3. The standard InChI is InChI=1S/C19H23NO3/c1-23-17-12-10-15(11-13-17)18(21)9-5-6-14-20-19(22)16-7-3-2-4-8-16/h2-4,7-8,10-13,18,21H,5-6,9,14H2,1H3,(H,20,22). The number of unbranched alkanes of at least 4 members (excludes halogenated alkanes) is 1. The Kier molecular flexibility index (Phi) is 6.63. The number of carbonyl (C=O) groups excluding carboxylic acids is 1. The Morgan fingerprint density at radius 2 is 1.78 bits per heavy atom. The lowest BCUT2D eigenvalue weighted by atomic mass is 10.0. The number of methoxy groups -OCH3 is 1. The maximum absolute atomic E-state index is 11.9. The van der Waals surface area contributed by atoms with Gasteiger partial charge in [0.25, 0.3) is 5.91 Å².